The molecular formula is C23H16ClFN2O4S. The van der Waals surface area contributed by atoms with E-state index in [1.165, 1.54) is 12.1 Å². The Morgan fingerprint density at radius 1 is 0.969 bits per heavy atom. The average molecular weight is 471 g/mol. The number of thiophene rings is 1. The molecule has 0 saturated heterocycles. The molecule has 0 atom stereocenters. The number of fused-ring (bicyclic) bond motifs is 1. The predicted octanol–water partition coefficient (Wildman–Crippen LogP) is 5.77. The first-order valence-electron chi connectivity index (χ1n) is 9.44. The van der Waals surface area contributed by atoms with Crippen LogP contribution in [0.15, 0.2) is 57.7 Å². The van der Waals surface area contributed by atoms with Crippen LogP contribution in [0.2, 0.25) is 5.02 Å². The van der Waals surface area contributed by atoms with Gasteiger partial charge in [-0.1, -0.05) is 11.6 Å². The average Bonchev–Trinajstić information content (AvgIpc) is 3.07. The van der Waals surface area contributed by atoms with Gasteiger partial charge in [0, 0.05) is 23.2 Å². The lowest BCUT2D eigenvalue weighted by atomic mass is 10.1. The summed E-state index contributed by atoms with van der Waals surface area (Å²) in [7, 11) is 0. The Bertz CT molecular complexity index is 1440. The molecule has 4 rings (SSSR count). The van der Waals surface area contributed by atoms with E-state index in [1.54, 1.807) is 31.2 Å². The molecule has 0 unspecified atom stereocenters. The van der Waals surface area contributed by atoms with Gasteiger partial charge in [-0.3, -0.25) is 9.59 Å². The van der Waals surface area contributed by atoms with Crippen molar-refractivity contribution in [3.63, 3.8) is 0 Å². The highest BCUT2D eigenvalue weighted by molar-refractivity contribution is 7.18. The van der Waals surface area contributed by atoms with E-state index in [2.05, 4.69) is 10.6 Å². The first kappa shape index (κ1) is 21.7. The van der Waals surface area contributed by atoms with Crippen LogP contribution in [0.1, 0.15) is 31.2 Å². The molecule has 2 aromatic heterocycles. The van der Waals surface area contributed by atoms with Crippen LogP contribution >= 0.6 is 22.9 Å². The molecule has 0 aliphatic rings. The molecule has 0 fully saturated rings. The number of carbonyl (C=O) groups is 2. The molecule has 2 heterocycles. The molecule has 162 valence electrons. The molecule has 32 heavy (non-hydrogen) atoms. The quantitative estimate of drug-likeness (QED) is 0.371. The fraction of sp³-hybridized carbons (Fsp3) is 0.0870. The zero-order valence-corrected chi connectivity index (χ0v) is 18.5. The largest absolute Gasteiger partial charge is 0.423 e. The highest BCUT2D eigenvalue weighted by atomic mass is 35.5. The van der Waals surface area contributed by atoms with Crippen LogP contribution in [0, 0.1) is 19.7 Å². The summed E-state index contributed by atoms with van der Waals surface area (Å²) in [6.07, 6.45) is 0. The molecule has 2 N–H and O–H groups in total. The van der Waals surface area contributed by atoms with E-state index < -0.39 is 17.3 Å². The maximum Gasteiger partial charge on any atom is 0.336 e. The van der Waals surface area contributed by atoms with Crippen molar-refractivity contribution in [2.24, 2.45) is 0 Å². The van der Waals surface area contributed by atoms with Crippen LogP contribution in [0.4, 0.5) is 15.1 Å². The Balaban J connectivity index is 1.53. The van der Waals surface area contributed by atoms with Crippen molar-refractivity contribution in [1.82, 2.24) is 0 Å². The van der Waals surface area contributed by atoms with Gasteiger partial charge in [0.05, 0.1) is 20.5 Å². The second kappa shape index (κ2) is 8.57. The molecule has 6 nitrogen and oxygen atoms in total. The first-order chi connectivity index (χ1) is 15.2. The lowest BCUT2D eigenvalue weighted by molar-refractivity contribution is 0.102. The second-order valence-electron chi connectivity index (χ2n) is 7.11. The third kappa shape index (κ3) is 4.42. The monoisotopic (exact) mass is 470 g/mol. The number of benzene rings is 2. The summed E-state index contributed by atoms with van der Waals surface area (Å²) in [5.74, 6) is -1.43. The summed E-state index contributed by atoms with van der Waals surface area (Å²) in [6.45, 7) is 3.55. The molecule has 0 aliphatic carbocycles. The van der Waals surface area contributed by atoms with E-state index in [0.29, 0.717) is 26.7 Å². The van der Waals surface area contributed by atoms with E-state index in [0.717, 1.165) is 34.4 Å². The molecule has 0 saturated carbocycles. The summed E-state index contributed by atoms with van der Waals surface area (Å²) in [6, 6.07) is 11.6. The van der Waals surface area contributed by atoms with E-state index in [-0.39, 0.29) is 16.5 Å². The van der Waals surface area contributed by atoms with Crippen LogP contribution in [0.3, 0.4) is 0 Å². The van der Waals surface area contributed by atoms with Gasteiger partial charge in [-0.25, -0.2) is 9.18 Å². The zero-order chi connectivity index (χ0) is 23.0. The van der Waals surface area contributed by atoms with Crippen molar-refractivity contribution in [2.45, 2.75) is 13.8 Å². The van der Waals surface area contributed by atoms with Crippen molar-refractivity contribution in [1.29, 1.82) is 0 Å². The van der Waals surface area contributed by atoms with Gasteiger partial charge < -0.3 is 15.1 Å². The van der Waals surface area contributed by atoms with Crippen molar-refractivity contribution in [3.8, 4) is 0 Å². The third-order valence-electron chi connectivity index (χ3n) is 4.75. The molecule has 9 heteroatoms. The Hall–Kier alpha value is -3.49. The molecular weight excluding hydrogens is 455 g/mol. The number of amides is 2. The maximum atomic E-state index is 13.2. The normalized spacial score (nSPS) is 10.9. The number of carbonyl (C=O) groups excluding carboxylic acids is 2. The van der Waals surface area contributed by atoms with Gasteiger partial charge in [-0.05, 0) is 61.4 Å². The molecule has 0 bridgehead atoms. The smallest absolute Gasteiger partial charge is 0.336 e. The Labute approximate surface area is 190 Å². The number of hydrogen-bond acceptors (Lipinski definition) is 5. The minimum atomic E-state index is -0.541. The Morgan fingerprint density at radius 2 is 1.75 bits per heavy atom. The minimum absolute atomic E-state index is 0.00747. The van der Waals surface area contributed by atoms with Gasteiger partial charge in [-0.15, -0.1) is 11.3 Å². The van der Waals surface area contributed by atoms with Crippen LogP contribution in [0.25, 0.3) is 11.0 Å². The molecule has 0 radical (unpaired) electrons. The lowest BCUT2D eigenvalue weighted by Gasteiger charge is -2.07. The van der Waals surface area contributed by atoms with E-state index in [9.17, 15) is 18.8 Å². The summed E-state index contributed by atoms with van der Waals surface area (Å²) >= 11 is 7.03. The number of nitrogens with one attached hydrogen (secondary N) is 2. The topological polar surface area (TPSA) is 88.4 Å². The number of anilines is 2. The summed E-state index contributed by atoms with van der Waals surface area (Å²) in [5.41, 5.74) is 1.95. The van der Waals surface area contributed by atoms with Gasteiger partial charge in [0.25, 0.3) is 11.8 Å². The summed E-state index contributed by atoms with van der Waals surface area (Å²) in [5, 5.41) is 6.67. The van der Waals surface area contributed by atoms with Gasteiger partial charge in [-0.2, -0.15) is 0 Å². The standard InChI is InChI=1S/C23H16ClFN2O4S/c1-11-8-20(28)31-18-10-14(4-6-15(11)18)26-23(30)21-12(2)7-19(32-21)27-22(29)16-5-3-13(25)9-17(16)24/h3-10H,1-2H3,(H,26,30)(H,27,29). The third-order valence-corrected chi connectivity index (χ3v) is 6.21. The first-order valence-corrected chi connectivity index (χ1v) is 10.6. The summed E-state index contributed by atoms with van der Waals surface area (Å²) < 4.78 is 18.4. The SMILES string of the molecule is Cc1cc(NC(=O)c2ccc(F)cc2Cl)sc1C(=O)Nc1ccc2c(C)cc(=O)oc2c1. The van der Waals surface area contributed by atoms with Gasteiger partial charge >= 0.3 is 5.63 Å². The van der Waals surface area contributed by atoms with E-state index in [1.807, 2.05) is 6.92 Å². The van der Waals surface area contributed by atoms with E-state index >= 15 is 0 Å². The van der Waals surface area contributed by atoms with Crippen molar-refractivity contribution >= 4 is 56.4 Å². The van der Waals surface area contributed by atoms with Crippen molar-refractivity contribution in [3.05, 3.63) is 91.4 Å². The summed E-state index contributed by atoms with van der Waals surface area (Å²) in [4.78, 5) is 37.3. The van der Waals surface area contributed by atoms with Crippen molar-refractivity contribution < 1.29 is 18.4 Å². The van der Waals surface area contributed by atoms with Gasteiger partial charge in [0.1, 0.15) is 11.4 Å². The highest BCUT2D eigenvalue weighted by Gasteiger charge is 2.18. The fourth-order valence-electron chi connectivity index (χ4n) is 3.21. The van der Waals surface area contributed by atoms with Crippen LogP contribution in [-0.4, -0.2) is 11.8 Å². The highest BCUT2D eigenvalue weighted by Crippen LogP contribution is 2.29. The predicted molar refractivity (Wildman–Crippen MR) is 124 cm³/mol. The fourth-order valence-corrected chi connectivity index (χ4v) is 4.43. The number of hydrogen-bond donors (Lipinski definition) is 2. The van der Waals surface area contributed by atoms with Gasteiger partial charge in [0.15, 0.2) is 0 Å². The molecule has 4 aromatic rings. The van der Waals surface area contributed by atoms with Crippen molar-refractivity contribution in [2.75, 3.05) is 10.6 Å². The molecule has 0 spiro atoms. The second-order valence-corrected chi connectivity index (χ2v) is 8.57. The van der Waals surface area contributed by atoms with Crippen LogP contribution in [-0.2, 0) is 0 Å². The van der Waals surface area contributed by atoms with E-state index in [4.69, 9.17) is 16.0 Å². The minimum Gasteiger partial charge on any atom is -0.423 e. The molecule has 2 amide bonds. The molecule has 2 aromatic carbocycles. The zero-order valence-electron chi connectivity index (χ0n) is 16.9. The van der Waals surface area contributed by atoms with Crippen LogP contribution in [0.5, 0.6) is 0 Å². The number of halogens is 2. The Kier molecular flexibility index (Phi) is 5.82. The number of rotatable bonds is 4. The Morgan fingerprint density at radius 3 is 2.50 bits per heavy atom. The van der Waals surface area contributed by atoms with Crippen LogP contribution < -0.4 is 16.3 Å². The lowest BCUT2D eigenvalue weighted by Crippen LogP contribution is -2.12. The van der Waals surface area contributed by atoms with Gasteiger partial charge in [0.2, 0.25) is 0 Å². The maximum absolute atomic E-state index is 13.2. The number of aryl methyl sites for hydroxylation is 2. The molecule has 0 aliphatic heterocycles.